The number of alkyl halides is 3. The predicted molar refractivity (Wildman–Crippen MR) is 97.4 cm³/mol. The summed E-state index contributed by atoms with van der Waals surface area (Å²) in [6, 6.07) is 4.80. The van der Waals surface area contributed by atoms with Gasteiger partial charge in [0, 0.05) is 11.1 Å². The Kier molecular flexibility index (Phi) is 5.95. The first-order valence-corrected chi connectivity index (χ1v) is 10.1. The summed E-state index contributed by atoms with van der Waals surface area (Å²) in [6.45, 7) is 0. The largest absolute Gasteiger partial charge is 0.435 e. The van der Waals surface area contributed by atoms with Crippen molar-refractivity contribution >= 4 is 39.1 Å². The van der Waals surface area contributed by atoms with Gasteiger partial charge in [0.1, 0.15) is 16.4 Å². The zero-order valence-electron chi connectivity index (χ0n) is 14.6. The standard InChI is InChI=1S/C16H7Cl2F5N4O3S/c17-7-1-3-9(18)12(5-7)31(29,30)25-15(28)13-14(16(21,22)23)27(26-24-13)11-4-2-8(19)6-10(11)20/h1-6H,(H,25,28). The van der Waals surface area contributed by atoms with Crippen LogP contribution in [-0.4, -0.2) is 29.3 Å². The molecule has 0 saturated carbocycles. The summed E-state index contributed by atoms with van der Waals surface area (Å²) in [4.78, 5) is 11.7. The maximum atomic E-state index is 14.0. The van der Waals surface area contributed by atoms with Crippen molar-refractivity contribution in [1.29, 1.82) is 0 Å². The van der Waals surface area contributed by atoms with Crippen LogP contribution in [0.15, 0.2) is 41.3 Å². The number of nitrogens with one attached hydrogen (secondary N) is 1. The van der Waals surface area contributed by atoms with Crippen molar-refractivity contribution in [2.24, 2.45) is 0 Å². The van der Waals surface area contributed by atoms with Crippen molar-refractivity contribution in [2.45, 2.75) is 11.1 Å². The summed E-state index contributed by atoms with van der Waals surface area (Å²) in [6.07, 6.45) is -5.32. The topological polar surface area (TPSA) is 93.9 Å². The fourth-order valence-electron chi connectivity index (χ4n) is 2.42. The van der Waals surface area contributed by atoms with Crippen LogP contribution in [0.4, 0.5) is 22.0 Å². The highest BCUT2D eigenvalue weighted by Gasteiger charge is 2.43. The van der Waals surface area contributed by atoms with Crippen LogP contribution in [0.3, 0.4) is 0 Å². The molecule has 0 atom stereocenters. The average molecular weight is 501 g/mol. The summed E-state index contributed by atoms with van der Waals surface area (Å²) in [5, 5.41) is 5.68. The van der Waals surface area contributed by atoms with Crippen LogP contribution < -0.4 is 4.72 Å². The Morgan fingerprint density at radius 2 is 1.74 bits per heavy atom. The molecule has 0 radical (unpaired) electrons. The van der Waals surface area contributed by atoms with Gasteiger partial charge in [-0.05, 0) is 30.3 Å². The smallest absolute Gasteiger partial charge is 0.266 e. The molecule has 0 bridgehead atoms. The van der Waals surface area contributed by atoms with E-state index in [-0.39, 0.29) is 14.7 Å². The molecule has 0 aliphatic rings. The molecule has 1 heterocycles. The SMILES string of the molecule is O=C(NS(=O)(=O)c1cc(Cl)ccc1Cl)c1nnn(-c2ccc(F)cc2F)c1C(F)(F)F. The molecular formula is C16H7Cl2F5N4O3S. The number of nitrogens with zero attached hydrogens (tertiary/aromatic N) is 3. The minimum absolute atomic E-state index is 0.0778. The molecule has 1 amide bonds. The second-order valence-electron chi connectivity index (χ2n) is 5.80. The van der Waals surface area contributed by atoms with Crippen molar-refractivity contribution < 1.29 is 35.2 Å². The number of halogens is 7. The molecule has 7 nitrogen and oxygen atoms in total. The molecule has 1 aromatic heterocycles. The van der Waals surface area contributed by atoms with Crippen LogP contribution >= 0.6 is 23.2 Å². The van der Waals surface area contributed by atoms with E-state index in [0.29, 0.717) is 18.2 Å². The molecule has 164 valence electrons. The van der Waals surface area contributed by atoms with Gasteiger partial charge in [-0.3, -0.25) is 4.79 Å². The number of sulfonamides is 1. The fourth-order valence-corrected chi connectivity index (χ4v) is 4.14. The van der Waals surface area contributed by atoms with Gasteiger partial charge in [-0.1, -0.05) is 28.4 Å². The molecule has 31 heavy (non-hydrogen) atoms. The van der Waals surface area contributed by atoms with Crippen LogP contribution in [-0.2, 0) is 16.2 Å². The fraction of sp³-hybridized carbons (Fsp3) is 0.0625. The van der Waals surface area contributed by atoms with E-state index in [0.717, 1.165) is 12.1 Å². The summed E-state index contributed by atoms with van der Waals surface area (Å²) >= 11 is 11.4. The Labute approximate surface area is 180 Å². The Balaban J connectivity index is 2.08. The maximum Gasteiger partial charge on any atom is 0.435 e. The third-order valence-corrected chi connectivity index (χ3v) is 5.75. The van der Waals surface area contributed by atoms with Crippen molar-refractivity contribution in [3.05, 3.63) is 69.5 Å². The molecule has 0 saturated heterocycles. The Morgan fingerprint density at radius 3 is 2.35 bits per heavy atom. The van der Waals surface area contributed by atoms with E-state index in [9.17, 15) is 35.2 Å². The molecular weight excluding hydrogens is 494 g/mol. The highest BCUT2D eigenvalue weighted by molar-refractivity contribution is 7.90. The van der Waals surface area contributed by atoms with Gasteiger partial charge in [0.15, 0.2) is 17.2 Å². The third-order valence-electron chi connectivity index (χ3n) is 3.70. The zero-order chi connectivity index (χ0) is 23.1. The van der Waals surface area contributed by atoms with Gasteiger partial charge in [-0.2, -0.15) is 13.2 Å². The summed E-state index contributed by atoms with van der Waals surface area (Å²) < 4.78 is 94.0. The van der Waals surface area contributed by atoms with Gasteiger partial charge < -0.3 is 0 Å². The molecule has 3 aromatic rings. The number of rotatable bonds is 4. The maximum absolute atomic E-state index is 14.0. The van der Waals surface area contributed by atoms with Gasteiger partial charge in [0.25, 0.3) is 15.9 Å². The summed E-state index contributed by atoms with van der Waals surface area (Å²) in [7, 11) is -4.78. The number of amides is 1. The average Bonchev–Trinajstić information content (AvgIpc) is 3.08. The van der Waals surface area contributed by atoms with Gasteiger partial charge >= 0.3 is 6.18 Å². The number of hydrogen-bond acceptors (Lipinski definition) is 5. The van der Waals surface area contributed by atoms with Crippen LogP contribution in [0, 0.1) is 11.6 Å². The van der Waals surface area contributed by atoms with Crippen LogP contribution in [0.2, 0.25) is 10.0 Å². The van der Waals surface area contributed by atoms with Gasteiger partial charge in [0.2, 0.25) is 0 Å². The Bertz CT molecular complexity index is 1290. The Morgan fingerprint density at radius 1 is 1.06 bits per heavy atom. The molecule has 3 rings (SSSR count). The van der Waals surface area contributed by atoms with Crippen LogP contribution in [0.1, 0.15) is 16.2 Å². The molecule has 1 N–H and O–H groups in total. The number of carbonyl (C=O) groups is 1. The van der Waals surface area contributed by atoms with Gasteiger partial charge in [-0.15, -0.1) is 5.10 Å². The minimum atomic E-state index is -5.32. The van der Waals surface area contributed by atoms with E-state index < -0.39 is 55.7 Å². The van der Waals surface area contributed by atoms with E-state index in [1.165, 1.54) is 10.8 Å². The quantitative estimate of drug-likeness (QED) is 0.546. The molecule has 0 unspecified atom stereocenters. The van der Waals surface area contributed by atoms with Crippen LogP contribution in [0.5, 0.6) is 0 Å². The van der Waals surface area contributed by atoms with E-state index in [1.54, 1.807) is 0 Å². The lowest BCUT2D eigenvalue weighted by Crippen LogP contribution is -2.33. The first-order valence-electron chi connectivity index (χ1n) is 7.82. The number of aromatic nitrogens is 3. The highest BCUT2D eigenvalue weighted by atomic mass is 35.5. The third kappa shape index (κ3) is 4.62. The number of benzene rings is 2. The molecule has 0 aliphatic carbocycles. The van der Waals surface area contributed by atoms with Crippen molar-refractivity contribution in [3.8, 4) is 5.69 Å². The zero-order valence-corrected chi connectivity index (χ0v) is 16.9. The Hall–Kier alpha value is -2.77. The molecule has 0 fully saturated rings. The van der Waals surface area contributed by atoms with Crippen LogP contribution in [0.25, 0.3) is 5.69 Å². The van der Waals surface area contributed by atoms with E-state index in [2.05, 4.69) is 10.3 Å². The van der Waals surface area contributed by atoms with E-state index in [4.69, 9.17) is 23.2 Å². The van der Waals surface area contributed by atoms with Crippen molar-refractivity contribution in [1.82, 2.24) is 19.7 Å². The molecule has 0 aliphatic heterocycles. The molecule has 15 heteroatoms. The minimum Gasteiger partial charge on any atom is -0.266 e. The number of hydrogen-bond donors (Lipinski definition) is 1. The second kappa shape index (κ2) is 8.05. The molecule has 0 spiro atoms. The summed E-state index contributed by atoms with van der Waals surface area (Å²) in [5.74, 6) is -4.32. The monoisotopic (exact) mass is 500 g/mol. The predicted octanol–water partition coefficient (Wildman–Crippen LogP) is 3.99. The lowest BCUT2D eigenvalue weighted by atomic mass is 10.2. The van der Waals surface area contributed by atoms with Gasteiger partial charge in [0.05, 0.1) is 5.02 Å². The summed E-state index contributed by atoms with van der Waals surface area (Å²) in [5.41, 5.74) is -4.23. The molecule has 2 aromatic carbocycles. The first kappa shape index (κ1) is 22.9. The lowest BCUT2D eigenvalue weighted by Gasteiger charge is -2.12. The van der Waals surface area contributed by atoms with Crippen molar-refractivity contribution in [3.63, 3.8) is 0 Å². The second-order valence-corrected chi connectivity index (χ2v) is 8.30. The highest BCUT2D eigenvalue weighted by Crippen LogP contribution is 2.33. The normalized spacial score (nSPS) is 12.1. The number of carbonyl (C=O) groups excluding carboxylic acids is 1. The van der Waals surface area contributed by atoms with Gasteiger partial charge in [-0.25, -0.2) is 26.6 Å². The first-order chi connectivity index (χ1) is 14.3. The van der Waals surface area contributed by atoms with E-state index >= 15 is 0 Å². The lowest BCUT2D eigenvalue weighted by molar-refractivity contribution is -0.143. The van der Waals surface area contributed by atoms with E-state index in [1.807, 2.05) is 0 Å². The van der Waals surface area contributed by atoms with Crippen molar-refractivity contribution in [2.75, 3.05) is 0 Å².